The van der Waals surface area contributed by atoms with Gasteiger partial charge in [0.1, 0.15) is 5.82 Å². The average Bonchev–Trinajstić information content (AvgIpc) is 2.66. The smallest absolute Gasteiger partial charge is 0.132 e. The van der Waals surface area contributed by atoms with E-state index in [9.17, 15) is 4.39 Å². The first kappa shape index (κ1) is 19.2. The molecule has 1 aliphatic heterocycles. The molecule has 2 aromatic rings. The monoisotopic (exact) mass is 399 g/mol. The molecule has 0 N–H and O–H groups in total. The van der Waals surface area contributed by atoms with Crippen molar-refractivity contribution in [2.45, 2.75) is 20.8 Å². The molecule has 0 spiro atoms. The molecule has 25 heavy (non-hydrogen) atoms. The summed E-state index contributed by atoms with van der Waals surface area (Å²) < 4.78 is 15.4. The third-order valence-corrected chi connectivity index (χ3v) is 4.61. The standard InChI is InChI=1S/C20H17BrFN.C2H6/c1-3-23-14(2)18(21)13-17(15-9-5-4-6-10-15)20(23)16-11-7-8-12-19(16)22;1-2/h4-13H,2-3H2,1H3;1-2H3. The van der Waals surface area contributed by atoms with Gasteiger partial charge in [0.25, 0.3) is 0 Å². The van der Waals surface area contributed by atoms with Crippen LogP contribution in [0.3, 0.4) is 0 Å². The highest BCUT2D eigenvalue weighted by atomic mass is 79.9. The highest BCUT2D eigenvalue weighted by Crippen LogP contribution is 2.41. The summed E-state index contributed by atoms with van der Waals surface area (Å²) in [7, 11) is 0. The van der Waals surface area contributed by atoms with E-state index in [-0.39, 0.29) is 5.82 Å². The van der Waals surface area contributed by atoms with E-state index in [1.807, 2.05) is 74.2 Å². The summed E-state index contributed by atoms with van der Waals surface area (Å²) in [6.07, 6.45) is 2.02. The van der Waals surface area contributed by atoms with Gasteiger partial charge in [-0.2, -0.15) is 0 Å². The minimum Gasteiger partial charge on any atom is -0.340 e. The molecule has 3 heteroatoms. The normalized spacial score (nSPS) is 14.0. The Labute approximate surface area is 158 Å². The molecule has 2 aromatic carbocycles. The van der Waals surface area contributed by atoms with Crippen molar-refractivity contribution < 1.29 is 4.39 Å². The third kappa shape index (κ3) is 3.93. The van der Waals surface area contributed by atoms with Crippen molar-refractivity contribution >= 4 is 27.2 Å². The van der Waals surface area contributed by atoms with Crippen LogP contribution in [0.4, 0.5) is 4.39 Å². The average molecular weight is 400 g/mol. The summed E-state index contributed by atoms with van der Waals surface area (Å²) in [4.78, 5) is 2.05. The van der Waals surface area contributed by atoms with Gasteiger partial charge in [-0.05, 0) is 46.6 Å². The third-order valence-electron chi connectivity index (χ3n) is 3.93. The van der Waals surface area contributed by atoms with Crippen molar-refractivity contribution in [1.29, 1.82) is 0 Å². The zero-order chi connectivity index (χ0) is 18.4. The minimum atomic E-state index is -0.228. The first-order valence-corrected chi connectivity index (χ1v) is 9.31. The van der Waals surface area contributed by atoms with E-state index in [1.54, 1.807) is 6.07 Å². The number of halogens is 2. The van der Waals surface area contributed by atoms with Crippen molar-refractivity contribution in [3.63, 3.8) is 0 Å². The van der Waals surface area contributed by atoms with E-state index in [2.05, 4.69) is 22.5 Å². The van der Waals surface area contributed by atoms with Crippen molar-refractivity contribution in [1.82, 2.24) is 4.90 Å². The van der Waals surface area contributed by atoms with Gasteiger partial charge in [-0.15, -0.1) is 0 Å². The largest absolute Gasteiger partial charge is 0.340 e. The Kier molecular flexibility index (Phi) is 6.77. The second kappa shape index (κ2) is 8.82. The quantitative estimate of drug-likeness (QED) is 0.545. The summed E-state index contributed by atoms with van der Waals surface area (Å²) >= 11 is 3.58. The Hall–Kier alpha value is -2.13. The molecular weight excluding hydrogens is 377 g/mol. The summed E-state index contributed by atoms with van der Waals surface area (Å²) in [6.45, 7) is 10.9. The molecule has 0 amide bonds. The maximum Gasteiger partial charge on any atom is 0.132 e. The Morgan fingerprint density at radius 2 is 1.60 bits per heavy atom. The fourth-order valence-electron chi connectivity index (χ4n) is 2.82. The molecule has 1 aliphatic rings. The predicted octanol–water partition coefficient (Wildman–Crippen LogP) is 6.85. The van der Waals surface area contributed by atoms with E-state index in [0.717, 1.165) is 27.0 Å². The molecule has 3 rings (SSSR count). The number of benzene rings is 2. The highest BCUT2D eigenvalue weighted by molar-refractivity contribution is 9.12. The van der Waals surface area contributed by atoms with Crippen LogP contribution in [0.25, 0.3) is 11.3 Å². The van der Waals surface area contributed by atoms with Crippen LogP contribution < -0.4 is 0 Å². The molecule has 0 aromatic heterocycles. The lowest BCUT2D eigenvalue weighted by Gasteiger charge is -2.34. The Morgan fingerprint density at radius 1 is 1.00 bits per heavy atom. The minimum absolute atomic E-state index is 0.228. The number of likely N-dealkylation sites (N-methyl/N-ethyl adjacent to an activating group) is 1. The molecule has 1 heterocycles. The Morgan fingerprint density at radius 3 is 2.20 bits per heavy atom. The second-order valence-electron chi connectivity index (χ2n) is 5.29. The molecular formula is C22H23BrFN. The van der Waals surface area contributed by atoms with Crippen LogP contribution in [-0.2, 0) is 0 Å². The lowest BCUT2D eigenvalue weighted by Crippen LogP contribution is -2.25. The number of hydrogen-bond acceptors (Lipinski definition) is 1. The van der Waals surface area contributed by atoms with Gasteiger partial charge in [-0.25, -0.2) is 4.39 Å². The molecule has 0 fully saturated rings. The first-order chi connectivity index (χ1) is 12.1. The first-order valence-electron chi connectivity index (χ1n) is 8.52. The van der Waals surface area contributed by atoms with Crippen LogP contribution in [0.2, 0.25) is 0 Å². The Bertz CT molecular complexity index is 806. The summed E-state index contributed by atoms with van der Waals surface area (Å²) in [5, 5.41) is 0. The molecule has 0 atom stereocenters. The fraction of sp³-hybridized carbons (Fsp3) is 0.182. The van der Waals surface area contributed by atoms with Gasteiger partial charge in [0.05, 0.1) is 5.70 Å². The van der Waals surface area contributed by atoms with E-state index >= 15 is 0 Å². The van der Waals surface area contributed by atoms with Gasteiger partial charge < -0.3 is 4.90 Å². The SMILES string of the molecule is C=C1C(Br)=CC(c2ccccc2)=C(c2ccccc2F)N1CC.CC. The van der Waals surface area contributed by atoms with Crippen LogP contribution >= 0.6 is 15.9 Å². The van der Waals surface area contributed by atoms with E-state index in [4.69, 9.17) is 0 Å². The summed E-state index contributed by atoms with van der Waals surface area (Å²) in [6, 6.07) is 16.9. The summed E-state index contributed by atoms with van der Waals surface area (Å²) in [5.74, 6) is -0.228. The molecule has 0 aliphatic carbocycles. The molecule has 1 nitrogen and oxygen atoms in total. The van der Waals surface area contributed by atoms with E-state index in [1.165, 1.54) is 6.07 Å². The van der Waals surface area contributed by atoms with Crippen molar-refractivity contribution in [3.05, 3.63) is 94.4 Å². The van der Waals surface area contributed by atoms with Gasteiger partial charge in [0, 0.05) is 27.9 Å². The fourth-order valence-corrected chi connectivity index (χ4v) is 3.26. The zero-order valence-electron chi connectivity index (χ0n) is 14.9. The maximum absolute atomic E-state index is 14.5. The van der Waals surface area contributed by atoms with Gasteiger partial charge in [-0.1, -0.05) is 62.9 Å². The Balaban J connectivity index is 0.00000109. The lowest BCUT2D eigenvalue weighted by atomic mass is 9.94. The molecule has 0 radical (unpaired) electrons. The predicted molar refractivity (Wildman–Crippen MR) is 110 cm³/mol. The topological polar surface area (TPSA) is 3.24 Å². The summed E-state index contributed by atoms with van der Waals surface area (Å²) in [5.41, 5.74) is 4.31. The number of nitrogens with zero attached hydrogens (tertiary/aromatic N) is 1. The molecule has 0 unspecified atom stereocenters. The van der Waals surface area contributed by atoms with Gasteiger partial charge in [-0.3, -0.25) is 0 Å². The molecule has 0 saturated carbocycles. The van der Waals surface area contributed by atoms with E-state index in [0.29, 0.717) is 12.1 Å². The highest BCUT2D eigenvalue weighted by Gasteiger charge is 2.25. The van der Waals surface area contributed by atoms with Crippen molar-refractivity contribution in [3.8, 4) is 0 Å². The van der Waals surface area contributed by atoms with Gasteiger partial charge >= 0.3 is 0 Å². The number of hydrogen-bond donors (Lipinski definition) is 0. The van der Waals surface area contributed by atoms with Crippen molar-refractivity contribution in [2.75, 3.05) is 6.54 Å². The molecule has 0 bridgehead atoms. The van der Waals surface area contributed by atoms with Gasteiger partial charge in [0.2, 0.25) is 0 Å². The van der Waals surface area contributed by atoms with Crippen LogP contribution in [-0.4, -0.2) is 11.4 Å². The lowest BCUT2D eigenvalue weighted by molar-refractivity contribution is 0.523. The van der Waals surface area contributed by atoms with Crippen LogP contribution in [0.15, 0.2) is 77.4 Å². The second-order valence-corrected chi connectivity index (χ2v) is 6.15. The van der Waals surface area contributed by atoms with Crippen LogP contribution in [0, 0.1) is 5.82 Å². The van der Waals surface area contributed by atoms with Crippen LogP contribution in [0.5, 0.6) is 0 Å². The van der Waals surface area contributed by atoms with Gasteiger partial charge in [0.15, 0.2) is 0 Å². The van der Waals surface area contributed by atoms with E-state index < -0.39 is 0 Å². The maximum atomic E-state index is 14.5. The molecule has 130 valence electrons. The number of allylic oxidation sites excluding steroid dienone is 3. The van der Waals surface area contributed by atoms with Crippen LogP contribution in [0.1, 0.15) is 31.9 Å². The van der Waals surface area contributed by atoms with Crippen molar-refractivity contribution in [2.24, 2.45) is 0 Å². The molecule has 0 saturated heterocycles. The number of rotatable bonds is 3. The zero-order valence-corrected chi connectivity index (χ0v) is 16.5.